The SMILES string of the molecule is O=[N+]([O-])c1cc(S(=O)(=O)Nc2cc(Cl)ncn2)sc1Cl. The monoisotopic (exact) mass is 354 g/mol. The third-order valence-corrected chi connectivity index (χ3v) is 5.35. The molecule has 0 saturated heterocycles. The van der Waals surface area contributed by atoms with E-state index < -0.39 is 20.6 Å². The van der Waals surface area contributed by atoms with Crippen molar-refractivity contribution in [1.82, 2.24) is 9.97 Å². The molecule has 2 rings (SSSR count). The van der Waals surface area contributed by atoms with Crippen LogP contribution in [-0.2, 0) is 10.0 Å². The van der Waals surface area contributed by atoms with E-state index in [-0.39, 0.29) is 19.5 Å². The summed E-state index contributed by atoms with van der Waals surface area (Å²) in [7, 11) is -4.03. The fourth-order valence-corrected chi connectivity index (χ4v) is 3.98. The molecule has 12 heteroatoms. The molecule has 8 nitrogen and oxygen atoms in total. The van der Waals surface area contributed by atoms with E-state index in [2.05, 4.69) is 14.7 Å². The molecule has 2 heterocycles. The largest absolute Gasteiger partial charge is 0.300 e. The molecule has 20 heavy (non-hydrogen) atoms. The molecular weight excluding hydrogens is 351 g/mol. The van der Waals surface area contributed by atoms with Gasteiger partial charge in [-0.2, -0.15) is 0 Å². The van der Waals surface area contributed by atoms with E-state index in [1.165, 1.54) is 6.07 Å². The van der Waals surface area contributed by atoms with Crippen molar-refractivity contribution in [2.24, 2.45) is 0 Å². The van der Waals surface area contributed by atoms with Crippen molar-refractivity contribution in [3.63, 3.8) is 0 Å². The Morgan fingerprint density at radius 3 is 2.55 bits per heavy atom. The van der Waals surface area contributed by atoms with Crippen molar-refractivity contribution < 1.29 is 13.3 Å². The number of nitro groups is 1. The zero-order valence-corrected chi connectivity index (χ0v) is 12.4. The first-order chi connectivity index (χ1) is 9.29. The summed E-state index contributed by atoms with van der Waals surface area (Å²) >= 11 is 11.8. The zero-order valence-electron chi connectivity index (χ0n) is 9.28. The molecule has 0 aliphatic rings. The molecule has 1 N–H and O–H groups in total. The molecule has 2 aromatic rings. The second-order valence-corrected chi connectivity index (χ2v) is 7.26. The number of anilines is 1. The molecule has 0 radical (unpaired) electrons. The Kier molecular flexibility index (Phi) is 4.09. The van der Waals surface area contributed by atoms with Crippen LogP contribution in [-0.4, -0.2) is 23.3 Å². The van der Waals surface area contributed by atoms with Crippen LogP contribution in [0, 0.1) is 10.1 Å². The first-order valence-corrected chi connectivity index (χ1v) is 7.79. The third-order valence-electron chi connectivity index (χ3n) is 1.98. The summed E-state index contributed by atoms with van der Waals surface area (Å²) in [4.78, 5) is 17.1. The van der Waals surface area contributed by atoms with Gasteiger partial charge in [0.2, 0.25) is 0 Å². The van der Waals surface area contributed by atoms with Gasteiger partial charge in [-0.25, -0.2) is 18.4 Å². The lowest BCUT2D eigenvalue weighted by Crippen LogP contribution is -2.12. The summed E-state index contributed by atoms with van der Waals surface area (Å²) in [5.74, 6) is -0.0582. The summed E-state index contributed by atoms with van der Waals surface area (Å²) in [6.45, 7) is 0. The van der Waals surface area contributed by atoms with Gasteiger partial charge in [0.1, 0.15) is 21.5 Å². The standard InChI is InChI=1S/C8H4Cl2N4O4S2/c9-5-2-6(12-3-11-5)13-20(17,18)7-1-4(14(15)16)8(10)19-7/h1-3H,(H,11,12,13). The molecule has 0 saturated carbocycles. The first-order valence-electron chi connectivity index (χ1n) is 4.73. The van der Waals surface area contributed by atoms with E-state index in [1.807, 2.05) is 0 Å². The Labute approximate surface area is 126 Å². The van der Waals surface area contributed by atoms with Crippen LogP contribution < -0.4 is 4.72 Å². The van der Waals surface area contributed by atoms with Crippen LogP contribution in [0.15, 0.2) is 22.7 Å². The number of thiophene rings is 1. The summed E-state index contributed by atoms with van der Waals surface area (Å²) in [5.41, 5.74) is -0.474. The summed E-state index contributed by atoms with van der Waals surface area (Å²) in [5, 5.41) is 10.7. The Hall–Kier alpha value is -1.49. The highest BCUT2D eigenvalue weighted by molar-refractivity contribution is 7.94. The van der Waals surface area contributed by atoms with E-state index in [4.69, 9.17) is 23.2 Å². The zero-order chi connectivity index (χ0) is 14.9. The van der Waals surface area contributed by atoms with Crippen LogP contribution in [0.3, 0.4) is 0 Å². The van der Waals surface area contributed by atoms with Gasteiger partial charge in [0.25, 0.3) is 15.7 Å². The van der Waals surface area contributed by atoms with Crippen molar-refractivity contribution in [3.8, 4) is 0 Å². The van der Waals surface area contributed by atoms with Crippen molar-refractivity contribution >= 4 is 56.1 Å². The summed E-state index contributed by atoms with van der Waals surface area (Å²) in [6.07, 6.45) is 1.07. The highest BCUT2D eigenvalue weighted by atomic mass is 35.5. The van der Waals surface area contributed by atoms with Gasteiger partial charge in [-0.3, -0.25) is 14.8 Å². The lowest BCUT2D eigenvalue weighted by Gasteiger charge is -2.04. The molecular formula is C8H4Cl2N4O4S2. The average molecular weight is 355 g/mol. The molecule has 0 aliphatic heterocycles. The summed E-state index contributed by atoms with van der Waals surface area (Å²) < 4.78 is 25.6. The third kappa shape index (κ3) is 3.15. The molecule has 0 fully saturated rings. The molecule has 0 unspecified atom stereocenters. The van der Waals surface area contributed by atoms with Crippen LogP contribution in [0.2, 0.25) is 9.49 Å². The Balaban J connectivity index is 2.36. The lowest BCUT2D eigenvalue weighted by atomic mass is 10.6. The fourth-order valence-electron chi connectivity index (χ4n) is 1.17. The van der Waals surface area contributed by atoms with Crippen molar-refractivity contribution in [2.75, 3.05) is 4.72 Å². The number of halogens is 2. The van der Waals surface area contributed by atoms with Gasteiger partial charge in [0.05, 0.1) is 4.92 Å². The second kappa shape index (κ2) is 5.48. The van der Waals surface area contributed by atoms with Gasteiger partial charge in [-0.15, -0.1) is 11.3 Å². The maximum absolute atomic E-state index is 12.0. The maximum Gasteiger partial charge on any atom is 0.300 e. The Morgan fingerprint density at radius 2 is 2.00 bits per heavy atom. The number of nitrogens with zero attached hydrogens (tertiary/aromatic N) is 3. The maximum atomic E-state index is 12.0. The Morgan fingerprint density at radius 1 is 1.30 bits per heavy atom. The predicted molar refractivity (Wildman–Crippen MR) is 73.8 cm³/mol. The van der Waals surface area contributed by atoms with Crippen molar-refractivity contribution in [3.05, 3.63) is 38.1 Å². The minimum Gasteiger partial charge on any atom is -0.263 e. The van der Waals surface area contributed by atoms with E-state index in [0.717, 1.165) is 12.4 Å². The molecule has 0 aliphatic carbocycles. The van der Waals surface area contributed by atoms with E-state index >= 15 is 0 Å². The Bertz CT molecular complexity index is 777. The lowest BCUT2D eigenvalue weighted by molar-refractivity contribution is -0.384. The van der Waals surface area contributed by atoms with Gasteiger partial charge >= 0.3 is 0 Å². The van der Waals surface area contributed by atoms with E-state index in [1.54, 1.807) is 0 Å². The molecule has 0 bridgehead atoms. The smallest absolute Gasteiger partial charge is 0.263 e. The first kappa shape index (κ1) is 14.9. The highest BCUT2D eigenvalue weighted by Crippen LogP contribution is 2.36. The van der Waals surface area contributed by atoms with E-state index in [9.17, 15) is 18.5 Å². The van der Waals surface area contributed by atoms with Crippen molar-refractivity contribution in [2.45, 2.75) is 4.21 Å². The molecule has 106 valence electrons. The number of sulfonamides is 1. The van der Waals surface area contributed by atoms with Gasteiger partial charge < -0.3 is 0 Å². The van der Waals surface area contributed by atoms with Crippen molar-refractivity contribution in [1.29, 1.82) is 0 Å². The predicted octanol–water partition coefficient (Wildman–Crippen LogP) is 2.55. The molecule has 0 aromatic carbocycles. The van der Waals surface area contributed by atoms with Gasteiger partial charge in [-0.1, -0.05) is 23.2 Å². The highest BCUT2D eigenvalue weighted by Gasteiger charge is 2.25. The van der Waals surface area contributed by atoms with Crippen LogP contribution in [0.1, 0.15) is 0 Å². The normalized spacial score (nSPS) is 11.3. The van der Waals surface area contributed by atoms with Gasteiger partial charge in [0, 0.05) is 12.1 Å². The van der Waals surface area contributed by atoms with Crippen LogP contribution in [0.4, 0.5) is 11.5 Å². The number of hydrogen-bond donors (Lipinski definition) is 1. The average Bonchev–Trinajstić information content (AvgIpc) is 2.71. The number of aromatic nitrogens is 2. The fraction of sp³-hybridized carbons (Fsp3) is 0. The van der Waals surface area contributed by atoms with Crippen LogP contribution >= 0.6 is 34.5 Å². The van der Waals surface area contributed by atoms with E-state index in [0.29, 0.717) is 11.3 Å². The van der Waals surface area contributed by atoms with Gasteiger partial charge in [0.15, 0.2) is 4.34 Å². The minimum absolute atomic E-state index is 0.0490. The van der Waals surface area contributed by atoms with Crippen LogP contribution in [0.25, 0.3) is 0 Å². The van der Waals surface area contributed by atoms with Gasteiger partial charge in [-0.05, 0) is 0 Å². The summed E-state index contributed by atoms with van der Waals surface area (Å²) in [6, 6.07) is 2.07. The van der Waals surface area contributed by atoms with Crippen LogP contribution in [0.5, 0.6) is 0 Å². The molecule has 2 aromatic heterocycles. The topological polar surface area (TPSA) is 115 Å². The number of rotatable bonds is 4. The molecule has 0 amide bonds. The number of hydrogen-bond acceptors (Lipinski definition) is 7. The quantitative estimate of drug-likeness (QED) is 0.512. The number of nitrogens with one attached hydrogen (secondary N) is 1. The minimum atomic E-state index is -4.03. The molecule has 0 atom stereocenters. The second-order valence-electron chi connectivity index (χ2n) is 3.31. The molecule has 0 spiro atoms.